The van der Waals surface area contributed by atoms with Gasteiger partial charge in [-0.25, -0.2) is 4.79 Å². The predicted molar refractivity (Wildman–Crippen MR) is 132 cm³/mol. The fourth-order valence-electron chi connectivity index (χ4n) is 4.55. The number of nitrogens with zero attached hydrogens (tertiary/aromatic N) is 2. The van der Waals surface area contributed by atoms with E-state index in [1.54, 1.807) is 24.3 Å². The standard InChI is InChI=1S/C27H26F3N3O5/c1-16(27(28,29)30)38-26(34)32-18-7-5-17(6-8-18)25-23(12-31)22-11-20(36-14-21-13-35-15-37-21)9-10-24(22)33(25)19-3-2-4-19/h5-11,16,19,21H,2-4,13-15H2,1H3,(H,32,34)/t16-,21?/m1/s1. The minimum absolute atomic E-state index is 0.141. The molecule has 5 rings (SSSR count). The summed E-state index contributed by atoms with van der Waals surface area (Å²) in [5.74, 6) is 0.618. The van der Waals surface area contributed by atoms with Crippen LogP contribution in [-0.2, 0) is 14.2 Å². The minimum atomic E-state index is -4.65. The zero-order chi connectivity index (χ0) is 26.9. The van der Waals surface area contributed by atoms with Crippen LogP contribution < -0.4 is 10.1 Å². The molecule has 1 N–H and O–H groups in total. The van der Waals surface area contributed by atoms with Crippen molar-refractivity contribution in [3.8, 4) is 23.1 Å². The number of amides is 1. The number of nitrogens with one attached hydrogen (secondary N) is 1. The fraction of sp³-hybridized carbons (Fsp3) is 0.407. The molecule has 1 aromatic heterocycles. The lowest BCUT2D eigenvalue weighted by Gasteiger charge is -2.30. The van der Waals surface area contributed by atoms with Gasteiger partial charge in [-0.05, 0) is 62.1 Å². The second-order valence-corrected chi connectivity index (χ2v) is 9.35. The summed E-state index contributed by atoms with van der Waals surface area (Å²) in [5.41, 5.74) is 3.17. The summed E-state index contributed by atoms with van der Waals surface area (Å²) in [7, 11) is 0. The van der Waals surface area contributed by atoms with E-state index in [9.17, 15) is 23.2 Å². The maximum Gasteiger partial charge on any atom is 0.425 e. The number of nitriles is 1. The molecule has 1 saturated carbocycles. The Balaban J connectivity index is 1.43. The van der Waals surface area contributed by atoms with Gasteiger partial charge in [-0.3, -0.25) is 5.32 Å². The van der Waals surface area contributed by atoms with Crippen molar-refractivity contribution in [2.45, 2.75) is 50.6 Å². The van der Waals surface area contributed by atoms with Crippen LogP contribution in [0.2, 0.25) is 0 Å². The fourth-order valence-corrected chi connectivity index (χ4v) is 4.55. The molecule has 38 heavy (non-hydrogen) atoms. The van der Waals surface area contributed by atoms with Crippen molar-refractivity contribution in [1.82, 2.24) is 4.57 Å². The SMILES string of the molecule is C[C@@H](OC(=O)Nc1ccc(-c2c(C#N)c3cc(OCC4COCO4)ccc3n2C2CCC2)cc1)C(F)(F)F. The number of ether oxygens (including phenoxy) is 4. The van der Waals surface area contributed by atoms with Crippen LogP contribution in [0, 0.1) is 11.3 Å². The van der Waals surface area contributed by atoms with E-state index in [1.165, 1.54) is 0 Å². The second kappa shape index (κ2) is 10.6. The Morgan fingerprint density at radius 3 is 2.61 bits per heavy atom. The highest BCUT2D eigenvalue weighted by Crippen LogP contribution is 2.43. The molecule has 1 amide bonds. The lowest BCUT2D eigenvalue weighted by atomic mass is 9.92. The van der Waals surface area contributed by atoms with Gasteiger partial charge in [0.1, 0.15) is 31.3 Å². The highest BCUT2D eigenvalue weighted by atomic mass is 19.4. The molecule has 0 spiro atoms. The molecule has 11 heteroatoms. The minimum Gasteiger partial charge on any atom is -0.491 e. The van der Waals surface area contributed by atoms with E-state index in [0.717, 1.165) is 48.3 Å². The summed E-state index contributed by atoms with van der Waals surface area (Å²) >= 11 is 0. The molecule has 1 aliphatic carbocycles. The number of hydrogen-bond acceptors (Lipinski definition) is 6. The Morgan fingerprint density at radius 2 is 2.00 bits per heavy atom. The van der Waals surface area contributed by atoms with Crippen molar-refractivity contribution >= 4 is 22.7 Å². The van der Waals surface area contributed by atoms with Gasteiger partial charge in [0.25, 0.3) is 0 Å². The molecule has 2 aliphatic rings. The Morgan fingerprint density at radius 1 is 1.24 bits per heavy atom. The van der Waals surface area contributed by atoms with Crippen molar-refractivity contribution in [3.63, 3.8) is 0 Å². The number of anilines is 1. The van der Waals surface area contributed by atoms with E-state index < -0.39 is 18.4 Å². The quantitative estimate of drug-likeness (QED) is 0.394. The predicted octanol–water partition coefficient (Wildman–Crippen LogP) is 6.16. The van der Waals surface area contributed by atoms with Gasteiger partial charge in [0, 0.05) is 17.1 Å². The van der Waals surface area contributed by atoms with Gasteiger partial charge < -0.3 is 23.5 Å². The first kappa shape index (κ1) is 25.9. The van der Waals surface area contributed by atoms with Crippen molar-refractivity contribution in [1.29, 1.82) is 5.26 Å². The van der Waals surface area contributed by atoms with Crippen LogP contribution >= 0.6 is 0 Å². The van der Waals surface area contributed by atoms with Gasteiger partial charge in [-0.15, -0.1) is 0 Å². The molecule has 1 aliphatic heterocycles. The van der Waals surface area contributed by atoms with Crippen LogP contribution in [0.1, 0.15) is 37.8 Å². The van der Waals surface area contributed by atoms with Gasteiger partial charge >= 0.3 is 12.3 Å². The molecule has 2 atom stereocenters. The van der Waals surface area contributed by atoms with Gasteiger partial charge in [0.15, 0.2) is 6.10 Å². The van der Waals surface area contributed by atoms with E-state index in [2.05, 4.69) is 20.7 Å². The molecule has 3 aromatic rings. The normalized spacial score (nSPS) is 18.6. The monoisotopic (exact) mass is 529 g/mol. The van der Waals surface area contributed by atoms with E-state index >= 15 is 0 Å². The first-order valence-electron chi connectivity index (χ1n) is 12.3. The third-order valence-corrected chi connectivity index (χ3v) is 6.80. The number of hydrogen-bond donors (Lipinski definition) is 1. The molecule has 200 valence electrons. The van der Waals surface area contributed by atoms with Crippen LogP contribution in [-0.4, -0.2) is 49.1 Å². The molecule has 2 aromatic carbocycles. The molecule has 1 saturated heterocycles. The Kier molecular flexibility index (Phi) is 7.19. The maximum absolute atomic E-state index is 12.7. The number of benzene rings is 2. The third kappa shape index (κ3) is 5.28. The number of rotatable bonds is 7. The molecule has 0 radical (unpaired) electrons. The van der Waals surface area contributed by atoms with Crippen LogP contribution in [0.5, 0.6) is 5.75 Å². The van der Waals surface area contributed by atoms with Crippen LogP contribution in [0.15, 0.2) is 42.5 Å². The largest absolute Gasteiger partial charge is 0.491 e. The van der Waals surface area contributed by atoms with E-state index in [4.69, 9.17) is 14.2 Å². The van der Waals surface area contributed by atoms with Gasteiger partial charge in [-0.2, -0.15) is 18.4 Å². The van der Waals surface area contributed by atoms with Gasteiger partial charge in [0.2, 0.25) is 0 Å². The Bertz CT molecular complexity index is 1350. The number of alkyl halides is 3. The zero-order valence-corrected chi connectivity index (χ0v) is 20.6. The van der Waals surface area contributed by atoms with Gasteiger partial charge in [-0.1, -0.05) is 12.1 Å². The molecular weight excluding hydrogens is 503 g/mol. The van der Waals surface area contributed by atoms with Crippen molar-refractivity contribution in [2.75, 3.05) is 25.3 Å². The van der Waals surface area contributed by atoms with Gasteiger partial charge in [0.05, 0.1) is 23.4 Å². The van der Waals surface area contributed by atoms with E-state index in [-0.39, 0.29) is 24.6 Å². The molecular formula is C27H26F3N3O5. The highest BCUT2D eigenvalue weighted by Gasteiger charge is 2.39. The zero-order valence-electron chi connectivity index (χ0n) is 20.6. The summed E-state index contributed by atoms with van der Waals surface area (Å²) in [6.45, 7) is 1.82. The number of fused-ring (bicyclic) bond motifs is 1. The number of halogens is 3. The molecule has 1 unspecified atom stereocenters. The second-order valence-electron chi connectivity index (χ2n) is 9.35. The molecule has 0 bridgehead atoms. The summed E-state index contributed by atoms with van der Waals surface area (Å²) in [4.78, 5) is 11.9. The topological polar surface area (TPSA) is 94.7 Å². The number of carbonyl (C=O) groups is 1. The van der Waals surface area contributed by atoms with Crippen LogP contribution in [0.3, 0.4) is 0 Å². The highest BCUT2D eigenvalue weighted by molar-refractivity contribution is 5.96. The lowest BCUT2D eigenvalue weighted by Crippen LogP contribution is -2.32. The Labute approximate surface area is 216 Å². The number of carbonyl (C=O) groups excluding carboxylic acids is 1. The van der Waals surface area contributed by atoms with Crippen molar-refractivity contribution in [2.24, 2.45) is 0 Å². The molecule has 8 nitrogen and oxygen atoms in total. The first-order chi connectivity index (χ1) is 18.2. The molecule has 2 heterocycles. The average molecular weight is 530 g/mol. The van der Waals surface area contributed by atoms with Crippen molar-refractivity contribution < 1.29 is 36.9 Å². The Hall–Kier alpha value is -3.75. The lowest BCUT2D eigenvalue weighted by molar-refractivity contribution is -0.196. The summed E-state index contributed by atoms with van der Waals surface area (Å²) in [6.07, 6.45) is -5.15. The first-order valence-corrected chi connectivity index (χ1v) is 12.3. The third-order valence-electron chi connectivity index (χ3n) is 6.80. The maximum atomic E-state index is 12.7. The van der Waals surface area contributed by atoms with Crippen LogP contribution in [0.25, 0.3) is 22.2 Å². The van der Waals surface area contributed by atoms with Crippen molar-refractivity contribution in [3.05, 3.63) is 48.0 Å². The molecule has 2 fully saturated rings. The summed E-state index contributed by atoms with van der Waals surface area (Å²) in [5, 5.41) is 13.3. The number of aromatic nitrogens is 1. The summed E-state index contributed by atoms with van der Waals surface area (Å²) in [6, 6.07) is 14.9. The van der Waals surface area contributed by atoms with E-state index in [0.29, 0.717) is 24.5 Å². The van der Waals surface area contributed by atoms with Crippen LogP contribution in [0.4, 0.5) is 23.7 Å². The summed E-state index contributed by atoms with van der Waals surface area (Å²) < 4.78 is 61.1. The van der Waals surface area contributed by atoms with E-state index in [1.807, 2.05) is 18.2 Å². The smallest absolute Gasteiger partial charge is 0.425 e. The average Bonchev–Trinajstić information content (AvgIpc) is 3.48.